The van der Waals surface area contributed by atoms with Crippen molar-refractivity contribution in [1.82, 2.24) is 0 Å². The molecule has 0 saturated heterocycles. The van der Waals surface area contributed by atoms with Gasteiger partial charge in [0.15, 0.2) is 5.78 Å². The summed E-state index contributed by atoms with van der Waals surface area (Å²) in [5, 5.41) is 11.0. The number of ketones is 1. The molecule has 0 heterocycles. The second kappa shape index (κ2) is 5.99. The molecule has 2 aromatic rings. The number of carbonyl (C=O) groups excluding carboxylic acids is 1. The highest BCUT2D eigenvalue weighted by molar-refractivity contribution is 6.30. The van der Waals surface area contributed by atoms with Gasteiger partial charge in [-0.1, -0.05) is 23.7 Å². The average Bonchev–Trinajstić information content (AvgIpc) is 3.01. The van der Waals surface area contributed by atoms with Gasteiger partial charge in [-0.15, -0.1) is 0 Å². The lowest BCUT2D eigenvalue weighted by molar-refractivity contribution is -0.117. The van der Waals surface area contributed by atoms with Crippen molar-refractivity contribution < 1.29 is 14.3 Å². The van der Waals surface area contributed by atoms with E-state index in [2.05, 4.69) is 0 Å². The monoisotopic (exact) mass is 356 g/mol. The molecular weight excluding hydrogens is 339 g/mol. The summed E-state index contributed by atoms with van der Waals surface area (Å²) >= 11 is 5.97. The van der Waals surface area contributed by atoms with Gasteiger partial charge in [-0.3, -0.25) is 4.79 Å². The molecule has 4 heteroatoms. The van der Waals surface area contributed by atoms with Crippen LogP contribution in [0.3, 0.4) is 0 Å². The van der Waals surface area contributed by atoms with Crippen molar-refractivity contribution in [2.45, 2.75) is 26.2 Å². The van der Waals surface area contributed by atoms with Gasteiger partial charge in [0, 0.05) is 16.9 Å². The van der Waals surface area contributed by atoms with Gasteiger partial charge in [-0.25, -0.2) is 4.39 Å². The highest BCUT2D eigenvalue weighted by atomic mass is 35.5. The molecule has 2 nitrogen and oxygen atoms in total. The number of halogens is 2. The first kappa shape index (κ1) is 16.3. The number of hydrogen-bond acceptors (Lipinski definition) is 2. The molecule has 2 atom stereocenters. The van der Waals surface area contributed by atoms with Crippen molar-refractivity contribution in [3.05, 3.63) is 64.1 Å². The quantitative estimate of drug-likeness (QED) is 0.746. The topological polar surface area (TPSA) is 37.3 Å². The molecule has 1 saturated carbocycles. The van der Waals surface area contributed by atoms with Crippen molar-refractivity contribution >= 4 is 23.0 Å². The average molecular weight is 357 g/mol. The lowest BCUT2D eigenvalue weighted by Crippen LogP contribution is -2.21. The van der Waals surface area contributed by atoms with Gasteiger partial charge < -0.3 is 5.11 Å². The first-order chi connectivity index (χ1) is 11.9. The smallest absolute Gasteiger partial charge is 0.169 e. The maximum atomic E-state index is 13.7. The molecule has 1 N–H and O–H groups in total. The number of Topliss-reactive ketones (excluding diaryl/α,β-unsaturated/α-hetero) is 1. The zero-order valence-electron chi connectivity index (χ0n) is 13.9. The third kappa shape index (κ3) is 2.77. The number of carbonyl (C=O) groups is 1. The van der Waals surface area contributed by atoms with Crippen LogP contribution in [0.1, 0.15) is 30.4 Å². The third-order valence-electron chi connectivity index (χ3n) is 5.40. The molecule has 0 radical (unpaired) electrons. The first-order valence-electron chi connectivity index (χ1n) is 8.49. The Hall–Kier alpha value is -2.13. The van der Waals surface area contributed by atoms with Crippen LogP contribution in [0.2, 0.25) is 5.02 Å². The second-order valence-corrected chi connectivity index (χ2v) is 7.46. The maximum Gasteiger partial charge on any atom is 0.169 e. The molecule has 2 bridgehead atoms. The fourth-order valence-corrected chi connectivity index (χ4v) is 4.29. The van der Waals surface area contributed by atoms with Crippen LogP contribution in [0.4, 0.5) is 4.39 Å². The number of hydrogen-bond donors (Lipinski definition) is 1. The molecule has 0 unspecified atom stereocenters. The number of fused-ring (bicyclic) bond motifs is 2. The van der Waals surface area contributed by atoms with Gasteiger partial charge in [0.25, 0.3) is 0 Å². The lowest BCUT2D eigenvalue weighted by Gasteiger charge is -2.23. The number of aryl methyl sites for hydroxylation is 1. The molecule has 25 heavy (non-hydrogen) atoms. The Bertz CT molecular complexity index is 896. The van der Waals surface area contributed by atoms with Crippen molar-refractivity contribution in [3.63, 3.8) is 0 Å². The Kier molecular flexibility index (Phi) is 3.92. The molecule has 0 amide bonds. The molecule has 128 valence electrons. The van der Waals surface area contributed by atoms with E-state index < -0.39 is 5.82 Å². The number of aliphatic hydroxyl groups is 1. The minimum atomic E-state index is -0.404. The predicted octanol–water partition coefficient (Wildman–Crippen LogP) is 5.72. The van der Waals surface area contributed by atoms with Gasteiger partial charge >= 0.3 is 0 Å². The van der Waals surface area contributed by atoms with Crippen molar-refractivity contribution in [3.8, 4) is 11.1 Å². The van der Waals surface area contributed by atoms with E-state index in [1.165, 1.54) is 12.1 Å². The van der Waals surface area contributed by atoms with Gasteiger partial charge in [-0.05, 0) is 72.7 Å². The van der Waals surface area contributed by atoms with Gasteiger partial charge in [0.2, 0.25) is 0 Å². The molecule has 2 aliphatic carbocycles. The second-order valence-electron chi connectivity index (χ2n) is 7.02. The van der Waals surface area contributed by atoms with E-state index in [0.29, 0.717) is 16.2 Å². The van der Waals surface area contributed by atoms with Crippen LogP contribution >= 0.6 is 11.6 Å². The lowest BCUT2D eigenvalue weighted by atomic mass is 9.81. The molecule has 2 aromatic carbocycles. The van der Waals surface area contributed by atoms with Gasteiger partial charge in [0.1, 0.15) is 11.6 Å². The Morgan fingerprint density at radius 2 is 1.84 bits per heavy atom. The van der Waals surface area contributed by atoms with E-state index >= 15 is 0 Å². The van der Waals surface area contributed by atoms with Crippen LogP contribution in [0.25, 0.3) is 16.7 Å². The Labute approximate surface area is 150 Å². The summed E-state index contributed by atoms with van der Waals surface area (Å²) in [6.45, 7) is 1.92. The summed E-state index contributed by atoms with van der Waals surface area (Å²) in [5.41, 5.74) is 3.52. The Morgan fingerprint density at radius 3 is 2.60 bits per heavy atom. The van der Waals surface area contributed by atoms with Crippen LogP contribution in [-0.4, -0.2) is 10.9 Å². The summed E-state index contributed by atoms with van der Waals surface area (Å²) in [6, 6.07) is 10.0. The Balaban J connectivity index is 1.86. The molecule has 4 rings (SSSR count). The van der Waals surface area contributed by atoms with E-state index in [4.69, 9.17) is 11.6 Å². The first-order valence-corrected chi connectivity index (χ1v) is 8.86. The predicted molar refractivity (Wildman–Crippen MR) is 97.0 cm³/mol. The standard InChI is InChI=1S/C21H18ClFO2/c1-11-2-3-12(15-7-16(22)10-17(23)8-15)9-18(11)19-20(24)13-4-5-14(6-13)21(19)25/h2-3,7-10,13-14,24H,4-6H2,1H3/t13-,14+/m1/s1. The summed E-state index contributed by atoms with van der Waals surface area (Å²) in [4.78, 5) is 12.8. The normalized spacial score (nSPS) is 22.6. The minimum Gasteiger partial charge on any atom is -0.511 e. The van der Waals surface area contributed by atoms with Crippen LogP contribution in [-0.2, 0) is 4.79 Å². The summed E-state index contributed by atoms with van der Waals surface area (Å²) in [7, 11) is 0. The third-order valence-corrected chi connectivity index (χ3v) is 5.61. The maximum absolute atomic E-state index is 13.7. The molecular formula is C21H18ClFO2. The van der Waals surface area contributed by atoms with E-state index in [1.54, 1.807) is 6.07 Å². The van der Waals surface area contributed by atoms with E-state index in [9.17, 15) is 14.3 Å². The van der Waals surface area contributed by atoms with Gasteiger partial charge in [-0.2, -0.15) is 0 Å². The van der Waals surface area contributed by atoms with E-state index in [0.717, 1.165) is 36.0 Å². The molecule has 0 aliphatic heterocycles. The molecule has 0 aromatic heterocycles. The highest BCUT2D eigenvalue weighted by Crippen LogP contribution is 2.46. The summed E-state index contributed by atoms with van der Waals surface area (Å²) in [5.74, 6) is -0.0505. The molecule has 0 spiro atoms. The summed E-state index contributed by atoms with van der Waals surface area (Å²) < 4.78 is 13.7. The van der Waals surface area contributed by atoms with E-state index in [-0.39, 0.29) is 23.4 Å². The molecule has 1 fully saturated rings. The number of aliphatic hydroxyl groups excluding tert-OH is 1. The van der Waals surface area contributed by atoms with Crippen molar-refractivity contribution in [1.29, 1.82) is 0 Å². The number of rotatable bonds is 2. The van der Waals surface area contributed by atoms with Crippen molar-refractivity contribution in [2.75, 3.05) is 0 Å². The molecule has 2 aliphatic rings. The number of allylic oxidation sites excluding steroid dienone is 2. The van der Waals surface area contributed by atoms with E-state index in [1.807, 2.05) is 25.1 Å². The fourth-order valence-electron chi connectivity index (χ4n) is 4.06. The fraction of sp³-hybridized carbons (Fsp3) is 0.286. The van der Waals surface area contributed by atoms with Crippen molar-refractivity contribution in [2.24, 2.45) is 11.8 Å². The zero-order valence-corrected chi connectivity index (χ0v) is 14.6. The van der Waals surface area contributed by atoms with Crippen LogP contribution in [0.5, 0.6) is 0 Å². The van der Waals surface area contributed by atoms with Crippen LogP contribution < -0.4 is 0 Å². The Morgan fingerprint density at radius 1 is 1.08 bits per heavy atom. The van der Waals surface area contributed by atoms with Gasteiger partial charge in [0.05, 0.1) is 5.57 Å². The number of benzene rings is 2. The largest absolute Gasteiger partial charge is 0.511 e. The zero-order chi connectivity index (χ0) is 17.7. The van der Waals surface area contributed by atoms with Crippen LogP contribution in [0.15, 0.2) is 42.2 Å². The SMILES string of the molecule is Cc1ccc(-c2cc(F)cc(Cl)c2)cc1C1=C(O)[C@@H]2CC[C@@H](C2)C1=O. The summed E-state index contributed by atoms with van der Waals surface area (Å²) in [6.07, 6.45) is 2.46. The minimum absolute atomic E-state index is 0.0163. The van der Waals surface area contributed by atoms with Crippen LogP contribution in [0, 0.1) is 24.6 Å². The highest BCUT2D eigenvalue weighted by Gasteiger charge is 2.41.